The van der Waals surface area contributed by atoms with E-state index in [1.807, 2.05) is 78.9 Å². The first kappa shape index (κ1) is 30.5. The smallest absolute Gasteiger partial charge is 0.292 e. The molecule has 0 aliphatic heterocycles. The molecule has 1 fully saturated rings. The molecule has 4 rings (SSSR count). The fourth-order valence-electron chi connectivity index (χ4n) is 6.76. The zero-order valence-electron chi connectivity index (χ0n) is 24.9. The van der Waals surface area contributed by atoms with Gasteiger partial charge in [-0.3, -0.25) is 14.4 Å². The van der Waals surface area contributed by atoms with Gasteiger partial charge in [0.15, 0.2) is 0 Å². The van der Waals surface area contributed by atoms with Crippen molar-refractivity contribution in [1.82, 2.24) is 5.09 Å². The van der Waals surface area contributed by atoms with Crippen molar-refractivity contribution in [3.63, 3.8) is 0 Å². The minimum absolute atomic E-state index is 0.0446. The number of carbonyl (C=O) groups is 1. The Labute approximate surface area is 242 Å². The molecule has 6 heteroatoms. The Bertz CT molecular complexity index is 1220. The molecule has 0 radical (unpaired) electrons. The predicted molar refractivity (Wildman–Crippen MR) is 170 cm³/mol. The van der Waals surface area contributed by atoms with Crippen LogP contribution in [0.15, 0.2) is 91.0 Å². The molecule has 0 spiro atoms. The molecule has 4 nitrogen and oxygen atoms in total. The van der Waals surface area contributed by atoms with Crippen LogP contribution < -0.4 is 15.7 Å². The van der Waals surface area contributed by atoms with E-state index in [0.717, 1.165) is 29.0 Å². The number of nitrogens with one attached hydrogen (secondary N) is 1. The Morgan fingerprint density at radius 3 is 1.70 bits per heavy atom. The van der Waals surface area contributed by atoms with Crippen LogP contribution in [0.5, 0.6) is 0 Å². The summed E-state index contributed by atoms with van der Waals surface area (Å²) in [6.45, 7) is 13.3. The number of carbonyl (C=O) groups excluding carboxylic acids is 1. The van der Waals surface area contributed by atoms with E-state index >= 15 is 0 Å². The van der Waals surface area contributed by atoms with Gasteiger partial charge < -0.3 is 4.43 Å². The van der Waals surface area contributed by atoms with Gasteiger partial charge in [0.2, 0.25) is 7.29 Å². The van der Waals surface area contributed by atoms with Crippen LogP contribution in [0.25, 0.3) is 0 Å². The van der Waals surface area contributed by atoms with Crippen LogP contribution in [-0.4, -0.2) is 14.3 Å². The van der Waals surface area contributed by atoms with Crippen LogP contribution in [0.1, 0.15) is 72.4 Å². The lowest BCUT2D eigenvalue weighted by Crippen LogP contribution is -2.49. The molecule has 3 atom stereocenters. The van der Waals surface area contributed by atoms with Crippen LogP contribution in [0.3, 0.4) is 0 Å². The predicted octanol–water partition coefficient (Wildman–Crippen LogP) is 8.38. The second-order valence-electron chi connectivity index (χ2n) is 12.3. The molecule has 214 valence electrons. The van der Waals surface area contributed by atoms with Gasteiger partial charge in [-0.05, 0) is 71.1 Å². The molecule has 0 saturated heterocycles. The molecule has 1 aliphatic carbocycles. The lowest BCUT2D eigenvalue weighted by atomic mass is 10.0. The molecule has 3 aromatic rings. The molecular weight excluding hydrogens is 529 g/mol. The number of benzene rings is 3. The zero-order chi connectivity index (χ0) is 28.9. The van der Waals surface area contributed by atoms with Gasteiger partial charge in [0.1, 0.15) is 0 Å². The Kier molecular flexibility index (Phi) is 9.92. The van der Waals surface area contributed by atoms with Crippen LogP contribution in [-0.2, 0) is 13.8 Å². The van der Waals surface area contributed by atoms with E-state index in [0.29, 0.717) is 34.9 Å². The van der Waals surface area contributed by atoms with Gasteiger partial charge in [-0.1, -0.05) is 108 Å². The van der Waals surface area contributed by atoms with Crippen LogP contribution >= 0.6 is 7.29 Å². The lowest BCUT2D eigenvalue weighted by molar-refractivity contribution is -0.136. The lowest BCUT2D eigenvalue weighted by Gasteiger charge is -2.41. The maximum absolute atomic E-state index is 14.9. The van der Waals surface area contributed by atoms with Crippen molar-refractivity contribution in [2.45, 2.75) is 83.5 Å². The molecule has 1 aliphatic rings. The summed E-state index contributed by atoms with van der Waals surface area (Å²) in [6.07, 6.45) is 2.25. The monoisotopic (exact) mass is 575 g/mol. The second-order valence-corrected chi connectivity index (χ2v) is 20.2. The molecule has 3 aromatic carbocycles. The summed E-state index contributed by atoms with van der Waals surface area (Å²) in [6, 6.07) is 29.8. The van der Waals surface area contributed by atoms with E-state index in [2.05, 4.69) is 58.8 Å². The van der Waals surface area contributed by atoms with Crippen LogP contribution in [0, 0.1) is 11.8 Å². The van der Waals surface area contributed by atoms with Crippen molar-refractivity contribution in [2.24, 2.45) is 11.8 Å². The van der Waals surface area contributed by atoms with Gasteiger partial charge in [0.25, 0.3) is 14.3 Å². The van der Waals surface area contributed by atoms with E-state index in [4.69, 9.17) is 4.43 Å². The summed E-state index contributed by atoms with van der Waals surface area (Å²) in [5.41, 5.74) is 2.27. The van der Waals surface area contributed by atoms with Crippen molar-refractivity contribution in [1.29, 1.82) is 0 Å². The zero-order valence-corrected chi connectivity index (χ0v) is 26.8. The van der Waals surface area contributed by atoms with E-state index in [1.165, 1.54) is 0 Å². The van der Waals surface area contributed by atoms with E-state index in [1.54, 1.807) is 0 Å². The van der Waals surface area contributed by atoms with Crippen LogP contribution in [0.2, 0.25) is 16.6 Å². The summed E-state index contributed by atoms with van der Waals surface area (Å²) in [4.78, 5) is 13.2. The van der Waals surface area contributed by atoms with Gasteiger partial charge >= 0.3 is 0 Å². The highest BCUT2D eigenvalue weighted by atomic mass is 31.2. The molecule has 0 amide bonds. The average Bonchev–Trinajstić information content (AvgIpc) is 3.73. The Morgan fingerprint density at radius 2 is 1.25 bits per heavy atom. The highest BCUT2D eigenvalue weighted by Gasteiger charge is 2.49. The SMILES string of the molecule is CC(C)[Si](OC(=O)CC[C@@H]1C[C@@H]1[C@@H](NP(=O)(c1ccccc1)c1ccccc1)c1ccccc1)(C(C)C)C(C)C. The summed E-state index contributed by atoms with van der Waals surface area (Å²) >= 11 is 0. The molecule has 40 heavy (non-hydrogen) atoms. The van der Waals surface area contributed by atoms with Gasteiger partial charge in [-0.15, -0.1) is 0 Å². The highest BCUT2D eigenvalue weighted by Crippen LogP contribution is 2.54. The Hall–Kier alpha value is -2.46. The maximum atomic E-state index is 14.9. The molecule has 1 saturated carbocycles. The third-order valence-corrected chi connectivity index (χ3v) is 17.5. The van der Waals surface area contributed by atoms with Gasteiger partial charge in [-0.25, -0.2) is 0 Å². The fourth-order valence-corrected chi connectivity index (χ4v) is 14.5. The third kappa shape index (κ3) is 6.54. The molecule has 1 N–H and O–H groups in total. The molecule has 0 aromatic heterocycles. The van der Waals surface area contributed by atoms with Gasteiger partial charge in [-0.2, -0.15) is 0 Å². The quantitative estimate of drug-likeness (QED) is 0.164. The topological polar surface area (TPSA) is 55.4 Å². The fraction of sp³-hybridized carbons (Fsp3) is 0.441. The summed E-state index contributed by atoms with van der Waals surface area (Å²) < 4.78 is 21.3. The second kappa shape index (κ2) is 13.0. The summed E-state index contributed by atoms with van der Waals surface area (Å²) in [7, 11) is -5.36. The summed E-state index contributed by atoms with van der Waals surface area (Å²) in [5.74, 6) is 0.647. The molecule has 0 bridgehead atoms. The Morgan fingerprint density at radius 1 is 0.800 bits per heavy atom. The van der Waals surface area contributed by atoms with E-state index in [9.17, 15) is 9.36 Å². The Balaban J connectivity index is 1.54. The van der Waals surface area contributed by atoms with Crippen molar-refractivity contribution in [3.8, 4) is 0 Å². The molecular formula is C34H46NO3PSi. The first-order chi connectivity index (χ1) is 19.1. The number of hydrogen-bond acceptors (Lipinski definition) is 3. The minimum atomic E-state index is -3.12. The first-order valence-electron chi connectivity index (χ1n) is 14.9. The highest BCUT2D eigenvalue weighted by molar-refractivity contribution is 7.76. The van der Waals surface area contributed by atoms with Gasteiger partial charge in [0, 0.05) is 23.1 Å². The van der Waals surface area contributed by atoms with Crippen molar-refractivity contribution < 1.29 is 13.8 Å². The van der Waals surface area contributed by atoms with Crippen molar-refractivity contribution >= 4 is 32.2 Å². The normalized spacial score (nSPS) is 18.2. The van der Waals surface area contributed by atoms with E-state index in [-0.39, 0.29) is 12.0 Å². The molecule has 0 heterocycles. The number of rotatable bonds is 13. The van der Waals surface area contributed by atoms with Crippen LogP contribution in [0.4, 0.5) is 0 Å². The van der Waals surface area contributed by atoms with E-state index < -0.39 is 15.6 Å². The first-order valence-corrected chi connectivity index (χ1v) is 18.7. The van der Waals surface area contributed by atoms with Crippen molar-refractivity contribution in [3.05, 3.63) is 96.6 Å². The van der Waals surface area contributed by atoms with Gasteiger partial charge in [0.05, 0.1) is 0 Å². The summed E-state index contributed by atoms with van der Waals surface area (Å²) in [5, 5.41) is 5.30. The largest absolute Gasteiger partial charge is 0.518 e. The molecule has 0 unspecified atom stereocenters. The average molecular weight is 576 g/mol. The third-order valence-electron chi connectivity index (χ3n) is 8.84. The standard InChI is InChI=1S/C34H46NO3PSi/c1-25(2)40(26(3)4,27(5)6)38-33(36)23-22-29-24-32(29)34(28-16-10-7-11-17-28)35-39(37,30-18-12-8-13-19-30)31-20-14-9-15-21-31/h7-21,25-27,29,32,34H,22-24H2,1-6H3,(H,35,37)/t29-,32+,34+/m1/s1. The minimum Gasteiger partial charge on any atom is -0.518 e. The van der Waals surface area contributed by atoms with Crippen molar-refractivity contribution in [2.75, 3.05) is 0 Å². The number of hydrogen-bond donors (Lipinski definition) is 1. The maximum Gasteiger partial charge on any atom is 0.292 e.